The van der Waals surface area contributed by atoms with Crippen molar-refractivity contribution in [3.05, 3.63) is 22.9 Å². The predicted octanol–water partition coefficient (Wildman–Crippen LogP) is -0.827. The van der Waals surface area contributed by atoms with Gasteiger partial charge in [-0.25, -0.2) is 13.4 Å². The van der Waals surface area contributed by atoms with Crippen molar-refractivity contribution in [2.45, 2.75) is 4.90 Å². The molecule has 0 bridgehead atoms. The molecule has 6 heteroatoms. The molecule has 0 saturated heterocycles. The molecular weight excluding hydrogens is 168 g/mol. The van der Waals surface area contributed by atoms with E-state index in [9.17, 15) is 13.2 Å². The van der Waals surface area contributed by atoms with Crippen LogP contribution in [0.4, 0.5) is 0 Å². The van der Waals surface area contributed by atoms with E-state index in [1.165, 1.54) is 0 Å². The van der Waals surface area contributed by atoms with Crippen LogP contribution >= 0.6 is 0 Å². The van der Waals surface area contributed by atoms with Crippen LogP contribution in [0.3, 0.4) is 0 Å². The second-order valence-corrected chi connectivity index (χ2v) is 4.00. The molecule has 1 heterocycles. The zero-order valence-electron chi connectivity index (χ0n) is 5.73. The first kappa shape index (κ1) is 7.93. The van der Waals surface area contributed by atoms with Gasteiger partial charge in [0.1, 0.15) is 4.90 Å². The molecule has 0 fully saturated rings. The minimum atomic E-state index is -3.44. The van der Waals surface area contributed by atoms with Gasteiger partial charge in [0.15, 0.2) is 9.84 Å². The zero-order chi connectivity index (χ0) is 8.48. The van der Waals surface area contributed by atoms with Gasteiger partial charge in [0.05, 0.1) is 12.5 Å². The van der Waals surface area contributed by atoms with E-state index >= 15 is 0 Å². The first-order chi connectivity index (χ1) is 5.02. The van der Waals surface area contributed by atoms with Gasteiger partial charge in [0, 0.05) is 6.26 Å². The number of H-pyrrole nitrogens is 1. The minimum Gasteiger partial charge on any atom is -0.312 e. The van der Waals surface area contributed by atoms with Crippen LogP contribution in [0.2, 0.25) is 0 Å². The zero-order valence-corrected chi connectivity index (χ0v) is 6.55. The molecule has 1 aromatic heterocycles. The predicted molar refractivity (Wildman–Crippen MR) is 38.0 cm³/mol. The molecule has 0 unspecified atom stereocenters. The van der Waals surface area contributed by atoms with E-state index in [0.29, 0.717) is 0 Å². The number of nitrogens with one attached hydrogen (secondary N) is 1. The van der Waals surface area contributed by atoms with Crippen molar-refractivity contribution >= 4 is 9.84 Å². The smallest absolute Gasteiger partial charge is 0.269 e. The lowest BCUT2D eigenvalue weighted by molar-refractivity contribution is 0.600. The van der Waals surface area contributed by atoms with Crippen molar-refractivity contribution in [1.29, 1.82) is 0 Å². The molecule has 0 aliphatic rings. The standard InChI is InChI=1S/C5H6N2O3S/c1-11(9,10)4-2-6-3-7-5(4)8/h2-3H,1H3,(H,6,7,8). The normalized spacial score (nSPS) is 11.4. The van der Waals surface area contributed by atoms with Gasteiger partial charge in [-0.15, -0.1) is 0 Å². The van der Waals surface area contributed by atoms with Gasteiger partial charge in [-0.2, -0.15) is 0 Å². The van der Waals surface area contributed by atoms with Gasteiger partial charge in [0.2, 0.25) is 0 Å². The fraction of sp³-hybridized carbons (Fsp3) is 0.200. The first-order valence-electron chi connectivity index (χ1n) is 2.74. The second-order valence-electron chi connectivity index (χ2n) is 2.02. The Morgan fingerprint density at radius 2 is 2.18 bits per heavy atom. The molecular formula is C5H6N2O3S. The van der Waals surface area contributed by atoms with Crippen molar-refractivity contribution in [1.82, 2.24) is 9.97 Å². The number of aromatic nitrogens is 2. The number of nitrogens with zero attached hydrogens (tertiary/aromatic N) is 1. The van der Waals surface area contributed by atoms with E-state index in [1.54, 1.807) is 0 Å². The molecule has 1 N–H and O–H groups in total. The molecule has 0 aliphatic carbocycles. The van der Waals surface area contributed by atoms with Crippen LogP contribution in [0.15, 0.2) is 22.2 Å². The molecule has 0 aromatic carbocycles. The van der Waals surface area contributed by atoms with Crippen LogP contribution in [-0.2, 0) is 9.84 Å². The summed E-state index contributed by atoms with van der Waals surface area (Å²) in [7, 11) is -3.44. The SMILES string of the molecule is CS(=O)(=O)c1cnc[nH]c1=O. The summed E-state index contributed by atoms with van der Waals surface area (Å²) in [6.07, 6.45) is 3.12. The average molecular weight is 174 g/mol. The first-order valence-corrected chi connectivity index (χ1v) is 4.63. The van der Waals surface area contributed by atoms with Crippen molar-refractivity contribution in [3.8, 4) is 0 Å². The summed E-state index contributed by atoms with van der Waals surface area (Å²) in [5.74, 6) is 0. The van der Waals surface area contributed by atoms with E-state index < -0.39 is 15.4 Å². The number of sulfone groups is 1. The summed E-state index contributed by atoms with van der Waals surface area (Å²) >= 11 is 0. The monoisotopic (exact) mass is 174 g/mol. The quantitative estimate of drug-likeness (QED) is 0.602. The van der Waals surface area contributed by atoms with E-state index in [0.717, 1.165) is 18.8 Å². The van der Waals surface area contributed by atoms with Crippen molar-refractivity contribution in [2.75, 3.05) is 6.26 Å². The van der Waals surface area contributed by atoms with Gasteiger partial charge >= 0.3 is 0 Å². The summed E-state index contributed by atoms with van der Waals surface area (Å²) in [4.78, 5) is 16.1. The van der Waals surface area contributed by atoms with Crippen molar-refractivity contribution < 1.29 is 8.42 Å². The Balaban J connectivity index is 3.50. The van der Waals surface area contributed by atoms with Crippen LogP contribution in [-0.4, -0.2) is 24.6 Å². The maximum atomic E-state index is 10.8. The third-order valence-electron chi connectivity index (χ3n) is 1.09. The Bertz CT molecular complexity index is 406. The molecule has 0 saturated carbocycles. The summed E-state index contributed by atoms with van der Waals surface area (Å²) in [5.41, 5.74) is -0.637. The van der Waals surface area contributed by atoms with Crippen molar-refractivity contribution in [3.63, 3.8) is 0 Å². The largest absolute Gasteiger partial charge is 0.312 e. The van der Waals surface area contributed by atoms with Crippen LogP contribution in [0.1, 0.15) is 0 Å². The maximum Gasteiger partial charge on any atom is 0.269 e. The summed E-state index contributed by atoms with van der Waals surface area (Å²) in [6.45, 7) is 0. The molecule has 0 amide bonds. The molecule has 60 valence electrons. The number of aromatic amines is 1. The Labute approximate surface area is 63.0 Å². The molecule has 5 nitrogen and oxygen atoms in total. The molecule has 11 heavy (non-hydrogen) atoms. The van der Waals surface area contributed by atoms with Gasteiger partial charge in [-0.05, 0) is 0 Å². The van der Waals surface area contributed by atoms with Gasteiger partial charge in [-0.1, -0.05) is 0 Å². The lowest BCUT2D eigenvalue weighted by Crippen LogP contribution is -2.16. The second kappa shape index (κ2) is 2.46. The lowest BCUT2D eigenvalue weighted by Gasteiger charge is -1.92. The van der Waals surface area contributed by atoms with E-state index in [-0.39, 0.29) is 4.90 Å². The highest BCUT2D eigenvalue weighted by Gasteiger charge is 2.10. The highest BCUT2D eigenvalue weighted by Crippen LogP contribution is 1.96. The van der Waals surface area contributed by atoms with E-state index in [2.05, 4.69) is 9.97 Å². The van der Waals surface area contributed by atoms with Crippen LogP contribution in [0, 0.1) is 0 Å². The van der Waals surface area contributed by atoms with Crippen LogP contribution in [0.25, 0.3) is 0 Å². The number of hydrogen-bond acceptors (Lipinski definition) is 4. The molecule has 0 atom stereocenters. The summed E-state index contributed by atoms with van der Waals surface area (Å²) in [5, 5.41) is 0. The minimum absolute atomic E-state index is 0.306. The molecule has 1 rings (SSSR count). The van der Waals surface area contributed by atoms with E-state index in [4.69, 9.17) is 0 Å². The average Bonchev–Trinajstić information content (AvgIpc) is 1.86. The molecule has 0 radical (unpaired) electrons. The Hall–Kier alpha value is -1.17. The van der Waals surface area contributed by atoms with Crippen molar-refractivity contribution in [2.24, 2.45) is 0 Å². The lowest BCUT2D eigenvalue weighted by atomic mass is 10.7. The fourth-order valence-electron chi connectivity index (χ4n) is 0.595. The third kappa shape index (κ3) is 1.64. The molecule has 1 aromatic rings. The summed E-state index contributed by atoms with van der Waals surface area (Å²) in [6, 6.07) is 0. The van der Waals surface area contributed by atoms with Gasteiger partial charge < -0.3 is 4.98 Å². The van der Waals surface area contributed by atoms with Crippen LogP contribution in [0.5, 0.6) is 0 Å². The van der Waals surface area contributed by atoms with Gasteiger partial charge in [0.25, 0.3) is 5.56 Å². The molecule has 0 aliphatic heterocycles. The van der Waals surface area contributed by atoms with Crippen LogP contribution < -0.4 is 5.56 Å². The Morgan fingerprint density at radius 3 is 2.55 bits per heavy atom. The maximum absolute atomic E-state index is 10.8. The highest BCUT2D eigenvalue weighted by molar-refractivity contribution is 7.90. The van der Waals surface area contributed by atoms with E-state index in [1.807, 2.05) is 0 Å². The Morgan fingerprint density at radius 1 is 1.55 bits per heavy atom. The third-order valence-corrected chi connectivity index (χ3v) is 2.17. The topological polar surface area (TPSA) is 79.9 Å². The van der Waals surface area contributed by atoms with Gasteiger partial charge in [-0.3, -0.25) is 4.79 Å². The number of rotatable bonds is 1. The fourth-order valence-corrected chi connectivity index (χ4v) is 1.24. The Kier molecular flexibility index (Phi) is 1.77. The number of hydrogen-bond donors (Lipinski definition) is 1. The summed E-state index contributed by atoms with van der Waals surface area (Å²) < 4.78 is 21.6. The highest BCUT2D eigenvalue weighted by atomic mass is 32.2. The molecule has 0 spiro atoms.